The first-order chi connectivity index (χ1) is 6.18. The molecule has 0 saturated heterocycles. The molecule has 5 nitrogen and oxygen atoms in total. The highest BCUT2D eigenvalue weighted by Gasteiger charge is 2.49. The van der Waals surface area contributed by atoms with Crippen LogP contribution < -0.4 is 0 Å². The Kier molecular flexibility index (Phi) is 1.68. The van der Waals surface area contributed by atoms with Gasteiger partial charge in [-0.25, -0.2) is 0 Å². The van der Waals surface area contributed by atoms with Crippen LogP contribution in [-0.2, 0) is 7.05 Å². The molecule has 1 heterocycles. The summed E-state index contributed by atoms with van der Waals surface area (Å²) in [5.41, 5.74) is -0.150. The van der Waals surface area contributed by atoms with Crippen molar-refractivity contribution in [3.05, 3.63) is 5.82 Å². The minimum Gasteiger partial charge on any atom is -0.290 e. The zero-order chi connectivity index (χ0) is 9.47. The van der Waals surface area contributed by atoms with Crippen LogP contribution in [0.2, 0.25) is 0 Å². The maximum Gasteiger partial charge on any atom is 0.241 e. The van der Waals surface area contributed by atoms with Gasteiger partial charge in [-0.15, -0.1) is 10.2 Å². The van der Waals surface area contributed by atoms with Gasteiger partial charge in [-0.05, 0) is 24.5 Å². The molecule has 1 saturated carbocycles. The molecular formula is C8H12N4O. The lowest BCUT2D eigenvalue weighted by molar-refractivity contribution is 0.0885. The van der Waals surface area contributed by atoms with Crippen LogP contribution in [0.5, 0.6) is 0 Å². The van der Waals surface area contributed by atoms with Crippen LogP contribution in [0.1, 0.15) is 36.8 Å². The minimum absolute atomic E-state index is 0.0584. The minimum atomic E-state index is -0.150. The predicted octanol–water partition coefficient (Wildman–Crippen LogP) is 0.583. The Bertz CT molecular complexity index is 340. The Hall–Kier alpha value is -1.26. The number of carbonyl (C=O) groups is 1. The SMILES string of the molecule is CCC1(C(=O)c2nnn(C)n2)CC1. The monoisotopic (exact) mass is 180 g/mol. The van der Waals surface area contributed by atoms with Gasteiger partial charge >= 0.3 is 0 Å². The Morgan fingerprint density at radius 1 is 1.62 bits per heavy atom. The van der Waals surface area contributed by atoms with E-state index in [0.29, 0.717) is 0 Å². The highest BCUT2D eigenvalue weighted by Crippen LogP contribution is 2.50. The third-order valence-electron chi connectivity index (χ3n) is 2.72. The van der Waals surface area contributed by atoms with Crippen LogP contribution in [0.15, 0.2) is 0 Å². The summed E-state index contributed by atoms with van der Waals surface area (Å²) in [7, 11) is 1.66. The van der Waals surface area contributed by atoms with Gasteiger partial charge in [0.2, 0.25) is 11.6 Å². The summed E-state index contributed by atoms with van der Waals surface area (Å²) < 4.78 is 0. The van der Waals surface area contributed by atoms with Gasteiger partial charge in [0.25, 0.3) is 0 Å². The molecule has 1 aromatic rings. The molecule has 5 heteroatoms. The number of aromatic nitrogens is 4. The summed E-state index contributed by atoms with van der Waals surface area (Å²) >= 11 is 0. The van der Waals surface area contributed by atoms with Crippen molar-refractivity contribution in [1.29, 1.82) is 0 Å². The van der Waals surface area contributed by atoms with Crippen LogP contribution in [0.25, 0.3) is 0 Å². The third-order valence-corrected chi connectivity index (χ3v) is 2.72. The quantitative estimate of drug-likeness (QED) is 0.638. The summed E-state index contributed by atoms with van der Waals surface area (Å²) in [5.74, 6) is 0.324. The summed E-state index contributed by atoms with van der Waals surface area (Å²) in [6.07, 6.45) is 2.82. The number of carbonyl (C=O) groups excluding carboxylic acids is 1. The zero-order valence-corrected chi connectivity index (χ0v) is 7.82. The molecule has 13 heavy (non-hydrogen) atoms. The molecule has 0 radical (unpaired) electrons. The van der Waals surface area contributed by atoms with Crippen molar-refractivity contribution in [3.63, 3.8) is 0 Å². The molecule has 0 aromatic carbocycles. The highest BCUT2D eigenvalue weighted by atomic mass is 16.1. The topological polar surface area (TPSA) is 60.7 Å². The van der Waals surface area contributed by atoms with Gasteiger partial charge in [0.1, 0.15) is 0 Å². The summed E-state index contributed by atoms with van der Waals surface area (Å²) in [5, 5.41) is 11.3. The molecule has 1 fully saturated rings. The number of ketones is 1. The van der Waals surface area contributed by atoms with Crippen LogP contribution in [-0.4, -0.2) is 26.0 Å². The van der Waals surface area contributed by atoms with Crippen molar-refractivity contribution in [3.8, 4) is 0 Å². The van der Waals surface area contributed by atoms with Crippen LogP contribution in [0, 0.1) is 5.41 Å². The molecular weight excluding hydrogens is 168 g/mol. The number of rotatable bonds is 3. The van der Waals surface area contributed by atoms with Crippen molar-refractivity contribution < 1.29 is 4.79 Å². The van der Waals surface area contributed by atoms with Gasteiger partial charge < -0.3 is 0 Å². The van der Waals surface area contributed by atoms with Gasteiger partial charge in [0.05, 0.1) is 7.05 Å². The summed E-state index contributed by atoms with van der Waals surface area (Å²) in [6, 6.07) is 0. The van der Waals surface area contributed by atoms with E-state index in [-0.39, 0.29) is 17.0 Å². The first kappa shape index (κ1) is 8.34. The number of aryl methyl sites for hydroxylation is 1. The number of tetrazole rings is 1. The lowest BCUT2D eigenvalue weighted by Crippen LogP contribution is -2.16. The molecule has 1 aromatic heterocycles. The molecule has 1 aliphatic rings. The van der Waals surface area contributed by atoms with Gasteiger partial charge in [-0.1, -0.05) is 6.92 Å². The fourth-order valence-electron chi connectivity index (χ4n) is 1.50. The molecule has 0 spiro atoms. The molecule has 0 aliphatic heterocycles. The van der Waals surface area contributed by atoms with Gasteiger partial charge in [0.15, 0.2) is 0 Å². The first-order valence-corrected chi connectivity index (χ1v) is 4.47. The van der Waals surface area contributed by atoms with Crippen LogP contribution in [0.4, 0.5) is 0 Å². The molecule has 0 atom stereocenters. The fraction of sp³-hybridized carbons (Fsp3) is 0.750. The lowest BCUT2D eigenvalue weighted by Gasteiger charge is -2.05. The van der Waals surface area contributed by atoms with Gasteiger partial charge in [0, 0.05) is 5.41 Å². The van der Waals surface area contributed by atoms with Crippen molar-refractivity contribution in [2.24, 2.45) is 12.5 Å². The van der Waals surface area contributed by atoms with Crippen molar-refractivity contribution in [1.82, 2.24) is 20.2 Å². The summed E-state index contributed by atoms with van der Waals surface area (Å²) in [4.78, 5) is 13.1. The van der Waals surface area contributed by atoms with Gasteiger partial charge in [-0.2, -0.15) is 4.80 Å². The molecule has 1 aliphatic carbocycles. The van der Waals surface area contributed by atoms with Crippen LogP contribution in [0.3, 0.4) is 0 Å². The Balaban J connectivity index is 2.23. The van der Waals surface area contributed by atoms with E-state index in [1.165, 1.54) is 4.80 Å². The second-order valence-electron chi connectivity index (χ2n) is 3.57. The predicted molar refractivity (Wildman–Crippen MR) is 45.1 cm³/mol. The first-order valence-electron chi connectivity index (χ1n) is 4.47. The molecule has 0 unspecified atom stereocenters. The van der Waals surface area contributed by atoms with Crippen molar-refractivity contribution in [2.75, 3.05) is 0 Å². The van der Waals surface area contributed by atoms with E-state index in [4.69, 9.17) is 0 Å². The van der Waals surface area contributed by atoms with Crippen LogP contribution >= 0.6 is 0 Å². The largest absolute Gasteiger partial charge is 0.290 e. The molecule has 0 bridgehead atoms. The molecule has 2 rings (SSSR count). The van der Waals surface area contributed by atoms with Gasteiger partial charge in [-0.3, -0.25) is 4.79 Å². The smallest absolute Gasteiger partial charge is 0.241 e. The van der Waals surface area contributed by atoms with E-state index in [9.17, 15) is 4.79 Å². The average molecular weight is 180 g/mol. The lowest BCUT2D eigenvalue weighted by atomic mass is 9.97. The van der Waals surface area contributed by atoms with E-state index >= 15 is 0 Å². The third kappa shape index (κ3) is 1.24. The fourth-order valence-corrected chi connectivity index (χ4v) is 1.50. The average Bonchev–Trinajstić information content (AvgIpc) is 2.82. The molecule has 70 valence electrons. The summed E-state index contributed by atoms with van der Waals surface area (Å²) in [6.45, 7) is 2.03. The molecule has 0 N–H and O–H groups in total. The number of hydrogen-bond acceptors (Lipinski definition) is 4. The van der Waals surface area contributed by atoms with E-state index in [1.807, 2.05) is 6.92 Å². The second kappa shape index (κ2) is 2.61. The maximum absolute atomic E-state index is 11.8. The van der Waals surface area contributed by atoms with E-state index in [2.05, 4.69) is 15.4 Å². The highest BCUT2D eigenvalue weighted by molar-refractivity contribution is 5.98. The van der Waals surface area contributed by atoms with Crippen molar-refractivity contribution >= 4 is 5.78 Å². The number of Topliss-reactive ketones (excluding diaryl/α,β-unsaturated/α-hetero) is 1. The van der Waals surface area contributed by atoms with Crippen molar-refractivity contribution in [2.45, 2.75) is 26.2 Å². The molecule has 0 amide bonds. The van der Waals surface area contributed by atoms with E-state index in [0.717, 1.165) is 19.3 Å². The van der Waals surface area contributed by atoms with E-state index in [1.54, 1.807) is 7.05 Å². The normalized spacial score (nSPS) is 18.6. The second-order valence-corrected chi connectivity index (χ2v) is 3.57. The Morgan fingerprint density at radius 3 is 2.69 bits per heavy atom. The number of hydrogen-bond donors (Lipinski definition) is 0. The Morgan fingerprint density at radius 2 is 2.31 bits per heavy atom. The standard InChI is InChI=1S/C8H12N4O/c1-3-8(4-5-8)6(13)7-9-11-12(2)10-7/h3-5H2,1-2H3. The maximum atomic E-state index is 11.8. The zero-order valence-electron chi connectivity index (χ0n) is 7.82. The van der Waals surface area contributed by atoms with E-state index < -0.39 is 0 Å². The Labute approximate surface area is 76.1 Å². The number of nitrogens with zero attached hydrogens (tertiary/aromatic N) is 4.